The van der Waals surface area contributed by atoms with Crippen LogP contribution in [0.15, 0.2) is 15.6 Å². The van der Waals surface area contributed by atoms with Gasteiger partial charge in [-0.15, -0.1) is 11.6 Å². The molecule has 1 saturated carbocycles. The monoisotopic (exact) mass is 291 g/mol. The zero-order valence-electron chi connectivity index (χ0n) is 7.96. The third-order valence-corrected chi connectivity index (χ3v) is 3.64. The van der Waals surface area contributed by atoms with Crippen molar-refractivity contribution >= 4 is 33.3 Å². The number of H-pyrrole nitrogens is 1. The van der Waals surface area contributed by atoms with Gasteiger partial charge in [0.1, 0.15) is 10.3 Å². The van der Waals surface area contributed by atoms with Gasteiger partial charge < -0.3 is 10.3 Å². The van der Waals surface area contributed by atoms with Crippen LogP contribution >= 0.6 is 27.5 Å². The molecule has 15 heavy (non-hydrogen) atoms. The van der Waals surface area contributed by atoms with E-state index in [1.807, 2.05) is 0 Å². The first kappa shape index (κ1) is 11.0. The Morgan fingerprint density at radius 1 is 1.73 bits per heavy atom. The van der Waals surface area contributed by atoms with E-state index < -0.39 is 0 Å². The first-order chi connectivity index (χ1) is 7.18. The minimum absolute atomic E-state index is 0.123. The van der Waals surface area contributed by atoms with Gasteiger partial charge in [0, 0.05) is 6.54 Å². The van der Waals surface area contributed by atoms with Crippen molar-refractivity contribution in [1.29, 1.82) is 0 Å². The number of nitrogens with one attached hydrogen (secondary N) is 2. The van der Waals surface area contributed by atoms with Gasteiger partial charge in [-0.1, -0.05) is 0 Å². The van der Waals surface area contributed by atoms with E-state index in [-0.39, 0.29) is 10.9 Å². The van der Waals surface area contributed by atoms with Crippen molar-refractivity contribution in [3.05, 3.63) is 21.2 Å². The Labute approximate surface area is 101 Å². The van der Waals surface area contributed by atoms with Crippen LogP contribution in [0.4, 0.5) is 5.82 Å². The van der Waals surface area contributed by atoms with Crippen molar-refractivity contribution in [3.8, 4) is 0 Å². The summed E-state index contributed by atoms with van der Waals surface area (Å²) in [6, 6.07) is 0. The molecule has 1 unspecified atom stereocenters. The molecule has 2 rings (SSSR count). The molecule has 0 saturated heterocycles. The Balaban J connectivity index is 1.98. The van der Waals surface area contributed by atoms with Crippen LogP contribution in [0.2, 0.25) is 0 Å². The van der Waals surface area contributed by atoms with Crippen molar-refractivity contribution < 1.29 is 0 Å². The molecule has 6 heteroatoms. The van der Waals surface area contributed by atoms with Gasteiger partial charge in [-0.3, -0.25) is 4.79 Å². The molecule has 0 spiro atoms. The van der Waals surface area contributed by atoms with Gasteiger partial charge in [-0.25, -0.2) is 4.98 Å². The topological polar surface area (TPSA) is 57.8 Å². The van der Waals surface area contributed by atoms with Gasteiger partial charge in [-0.2, -0.15) is 0 Å². The number of aromatic amines is 1. The largest absolute Gasteiger partial charge is 0.367 e. The van der Waals surface area contributed by atoms with Crippen LogP contribution < -0.4 is 10.9 Å². The fraction of sp³-hybridized carbons (Fsp3) is 0.556. The van der Waals surface area contributed by atoms with Crippen LogP contribution in [0.5, 0.6) is 0 Å². The summed E-state index contributed by atoms with van der Waals surface area (Å²) in [5, 5.41) is 3.19. The summed E-state index contributed by atoms with van der Waals surface area (Å²) in [6.07, 6.45) is 3.79. The number of hydrogen-bond donors (Lipinski definition) is 2. The van der Waals surface area contributed by atoms with E-state index in [9.17, 15) is 4.79 Å². The van der Waals surface area contributed by atoms with Crippen molar-refractivity contribution in [1.82, 2.24) is 9.97 Å². The fourth-order valence-electron chi connectivity index (χ4n) is 1.33. The fourth-order valence-corrected chi connectivity index (χ4v) is 2.01. The minimum Gasteiger partial charge on any atom is -0.367 e. The molecule has 0 radical (unpaired) electrons. The maximum Gasteiger partial charge on any atom is 0.267 e. The number of halogens is 2. The second-order valence-electron chi connectivity index (χ2n) is 3.63. The predicted molar refractivity (Wildman–Crippen MR) is 63.4 cm³/mol. The summed E-state index contributed by atoms with van der Waals surface area (Å²) in [5.74, 6) is 1.17. The van der Waals surface area contributed by atoms with Crippen LogP contribution in [0, 0.1) is 5.92 Å². The van der Waals surface area contributed by atoms with Gasteiger partial charge in [-0.05, 0) is 34.7 Å². The molecule has 4 nitrogen and oxygen atoms in total. The minimum atomic E-state index is -0.190. The molecule has 0 bridgehead atoms. The average Bonchev–Trinajstić information content (AvgIpc) is 3.03. The lowest BCUT2D eigenvalue weighted by atomic mass is 10.3. The zero-order valence-corrected chi connectivity index (χ0v) is 10.3. The van der Waals surface area contributed by atoms with Crippen LogP contribution in [-0.2, 0) is 0 Å². The van der Waals surface area contributed by atoms with E-state index in [0.717, 1.165) is 0 Å². The van der Waals surface area contributed by atoms with Crippen molar-refractivity contribution in [3.63, 3.8) is 0 Å². The lowest BCUT2D eigenvalue weighted by molar-refractivity contribution is 0.767. The number of nitrogens with zero attached hydrogens (tertiary/aromatic N) is 1. The summed E-state index contributed by atoms with van der Waals surface area (Å²) >= 11 is 9.30. The molecule has 2 N–H and O–H groups in total. The molecule has 1 aromatic rings. The molecule has 0 amide bonds. The van der Waals surface area contributed by atoms with E-state index in [2.05, 4.69) is 31.2 Å². The molecule has 0 aliphatic heterocycles. The predicted octanol–water partition coefficient (Wildman–Crippen LogP) is 1.96. The standard InChI is InChI=1S/C9H11BrClN3O/c10-7-8(13-4-14-9(7)15)12-3-6(11)5-1-2-5/h4-6H,1-3H2,(H2,12,13,14,15). The third kappa shape index (κ3) is 2.72. The van der Waals surface area contributed by atoms with Crippen LogP contribution in [0.3, 0.4) is 0 Å². The normalized spacial score (nSPS) is 17.5. The Morgan fingerprint density at radius 3 is 3.13 bits per heavy atom. The van der Waals surface area contributed by atoms with Gasteiger partial charge in [0.15, 0.2) is 0 Å². The summed E-state index contributed by atoms with van der Waals surface area (Å²) in [4.78, 5) is 17.7. The zero-order chi connectivity index (χ0) is 10.8. The van der Waals surface area contributed by atoms with Gasteiger partial charge >= 0.3 is 0 Å². The van der Waals surface area contributed by atoms with E-state index >= 15 is 0 Å². The van der Waals surface area contributed by atoms with E-state index in [4.69, 9.17) is 11.6 Å². The molecule has 1 aliphatic carbocycles. The first-order valence-corrected chi connectivity index (χ1v) is 6.02. The number of hydrogen-bond acceptors (Lipinski definition) is 3. The number of alkyl halides is 1. The maximum absolute atomic E-state index is 11.2. The Bertz CT molecular complexity index is 405. The summed E-state index contributed by atoms with van der Waals surface area (Å²) in [6.45, 7) is 0.640. The molecule has 1 aromatic heterocycles. The molecule has 0 aromatic carbocycles. The smallest absolute Gasteiger partial charge is 0.267 e. The number of rotatable bonds is 4. The quantitative estimate of drug-likeness (QED) is 0.834. The SMILES string of the molecule is O=c1[nH]cnc(NCC(Cl)C2CC2)c1Br. The maximum atomic E-state index is 11.2. The van der Waals surface area contributed by atoms with Gasteiger partial charge in [0.25, 0.3) is 5.56 Å². The van der Waals surface area contributed by atoms with E-state index in [1.54, 1.807) is 0 Å². The van der Waals surface area contributed by atoms with E-state index in [0.29, 0.717) is 22.8 Å². The number of anilines is 1. The molecule has 82 valence electrons. The molecule has 1 atom stereocenters. The molecule has 1 fully saturated rings. The highest BCUT2D eigenvalue weighted by atomic mass is 79.9. The van der Waals surface area contributed by atoms with Crippen LogP contribution in [0.25, 0.3) is 0 Å². The second-order valence-corrected chi connectivity index (χ2v) is 4.98. The Kier molecular flexibility index (Phi) is 3.31. The van der Waals surface area contributed by atoms with Crippen molar-refractivity contribution in [2.24, 2.45) is 5.92 Å². The first-order valence-electron chi connectivity index (χ1n) is 4.79. The highest BCUT2D eigenvalue weighted by Crippen LogP contribution is 2.35. The second kappa shape index (κ2) is 4.53. The highest BCUT2D eigenvalue weighted by molar-refractivity contribution is 9.10. The van der Waals surface area contributed by atoms with Crippen molar-refractivity contribution in [2.45, 2.75) is 18.2 Å². The lowest BCUT2D eigenvalue weighted by Crippen LogP contribution is -2.19. The summed E-state index contributed by atoms with van der Waals surface area (Å²) < 4.78 is 0.421. The lowest BCUT2D eigenvalue weighted by Gasteiger charge is -2.10. The third-order valence-electron chi connectivity index (χ3n) is 2.39. The Hall–Kier alpha value is -0.550. The van der Waals surface area contributed by atoms with Gasteiger partial charge in [0.2, 0.25) is 0 Å². The average molecular weight is 293 g/mol. The van der Waals surface area contributed by atoms with E-state index in [1.165, 1.54) is 19.2 Å². The van der Waals surface area contributed by atoms with Crippen LogP contribution in [0.1, 0.15) is 12.8 Å². The Morgan fingerprint density at radius 2 is 2.47 bits per heavy atom. The summed E-state index contributed by atoms with van der Waals surface area (Å²) in [7, 11) is 0. The molecular weight excluding hydrogens is 281 g/mol. The molecule has 1 heterocycles. The number of aromatic nitrogens is 2. The summed E-state index contributed by atoms with van der Waals surface area (Å²) in [5.41, 5.74) is -0.190. The highest BCUT2D eigenvalue weighted by Gasteiger charge is 2.29. The molecular formula is C9H11BrClN3O. The van der Waals surface area contributed by atoms with Crippen molar-refractivity contribution in [2.75, 3.05) is 11.9 Å². The molecule has 1 aliphatic rings. The van der Waals surface area contributed by atoms with Gasteiger partial charge in [0.05, 0.1) is 11.7 Å². The van der Waals surface area contributed by atoms with Crippen LogP contribution in [-0.4, -0.2) is 21.9 Å².